The lowest BCUT2D eigenvalue weighted by Gasteiger charge is -2.29. The zero-order chi connectivity index (χ0) is 18.4. The second-order valence-corrected chi connectivity index (χ2v) is 7.00. The Morgan fingerprint density at radius 1 is 1.11 bits per heavy atom. The molecule has 27 heavy (non-hydrogen) atoms. The molecular formula is C21H20N4O2. The van der Waals surface area contributed by atoms with Crippen molar-refractivity contribution in [1.29, 1.82) is 0 Å². The number of fused-ring (bicyclic) bond motifs is 2. The van der Waals surface area contributed by atoms with Crippen LogP contribution in [0.4, 0.5) is 5.69 Å². The minimum absolute atomic E-state index is 0.319. The molecule has 0 saturated carbocycles. The Labute approximate surface area is 156 Å². The van der Waals surface area contributed by atoms with Gasteiger partial charge in [-0.1, -0.05) is 0 Å². The van der Waals surface area contributed by atoms with Crippen molar-refractivity contribution in [3.63, 3.8) is 0 Å². The maximum Gasteiger partial charge on any atom is 0.344 e. The Balaban J connectivity index is 1.58. The molecule has 1 N–H and O–H groups in total. The van der Waals surface area contributed by atoms with Gasteiger partial charge >= 0.3 is 5.63 Å². The smallest absolute Gasteiger partial charge is 0.344 e. The van der Waals surface area contributed by atoms with Crippen LogP contribution in [0.3, 0.4) is 0 Å². The topological polar surface area (TPSA) is 62.8 Å². The van der Waals surface area contributed by atoms with Crippen molar-refractivity contribution in [2.75, 3.05) is 31.1 Å². The number of rotatable bonds is 2. The largest absolute Gasteiger partial charge is 0.422 e. The fourth-order valence-corrected chi connectivity index (χ4v) is 3.68. The molecule has 6 nitrogen and oxygen atoms in total. The third kappa shape index (κ3) is 2.88. The Kier molecular flexibility index (Phi) is 3.72. The number of hydrogen-bond acceptors (Lipinski definition) is 5. The summed E-state index contributed by atoms with van der Waals surface area (Å²) in [5.74, 6) is 0. The normalized spacial score (nSPS) is 14.9. The molecule has 4 heterocycles. The summed E-state index contributed by atoms with van der Waals surface area (Å²) in [5, 5.41) is 4.27. The van der Waals surface area contributed by atoms with Gasteiger partial charge in [0.25, 0.3) is 0 Å². The molecule has 1 aromatic carbocycles. The third-order valence-corrected chi connectivity index (χ3v) is 5.12. The van der Waals surface area contributed by atoms with Crippen molar-refractivity contribution in [2.24, 2.45) is 0 Å². The summed E-state index contributed by atoms with van der Waals surface area (Å²) in [4.78, 5) is 19.3. The molecule has 6 heteroatoms. The van der Waals surface area contributed by atoms with Crippen molar-refractivity contribution < 1.29 is 4.42 Å². The zero-order valence-electron chi connectivity index (χ0n) is 15.1. The Bertz CT molecular complexity index is 1200. The standard InChI is InChI=1S/C21H20N4O2/c1-14-12-25-13-16(8-18(25)11-23-14)19-9-15-2-3-17(10-20(15)27-21(19)26)24-6-4-22-5-7-24/h2-3,8-13,22H,4-7H2,1H3. The van der Waals surface area contributed by atoms with Gasteiger partial charge in [-0.05, 0) is 31.2 Å². The van der Waals surface area contributed by atoms with Crippen LogP contribution in [-0.4, -0.2) is 35.6 Å². The van der Waals surface area contributed by atoms with Crippen LogP contribution in [0.15, 0.2) is 58.1 Å². The van der Waals surface area contributed by atoms with Gasteiger partial charge in [-0.25, -0.2) is 4.79 Å². The lowest BCUT2D eigenvalue weighted by Crippen LogP contribution is -2.43. The first-order chi connectivity index (χ1) is 13.2. The van der Waals surface area contributed by atoms with Crippen molar-refractivity contribution in [3.8, 4) is 11.1 Å². The fourth-order valence-electron chi connectivity index (χ4n) is 3.68. The second kappa shape index (κ2) is 6.25. The van der Waals surface area contributed by atoms with Gasteiger partial charge in [0, 0.05) is 61.3 Å². The zero-order valence-corrected chi connectivity index (χ0v) is 15.1. The summed E-state index contributed by atoms with van der Waals surface area (Å²) in [6.45, 7) is 5.80. The summed E-state index contributed by atoms with van der Waals surface area (Å²) >= 11 is 0. The Morgan fingerprint density at radius 3 is 2.81 bits per heavy atom. The van der Waals surface area contributed by atoms with E-state index in [9.17, 15) is 4.79 Å². The summed E-state index contributed by atoms with van der Waals surface area (Å²) in [7, 11) is 0. The SMILES string of the molecule is Cc1cn2cc(-c3cc4ccc(N5CCNCC5)cc4oc3=O)cc2cn1. The molecule has 0 unspecified atom stereocenters. The molecule has 0 amide bonds. The van der Waals surface area contributed by atoms with Crippen molar-refractivity contribution in [2.45, 2.75) is 6.92 Å². The molecule has 0 aliphatic carbocycles. The van der Waals surface area contributed by atoms with Crippen LogP contribution in [0.5, 0.6) is 0 Å². The quantitative estimate of drug-likeness (QED) is 0.557. The number of nitrogens with zero attached hydrogens (tertiary/aromatic N) is 3. The van der Waals surface area contributed by atoms with Gasteiger partial charge in [0.05, 0.1) is 23.0 Å². The van der Waals surface area contributed by atoms with Gasteiger partial charge in [-0.2, -0.15) is 0 Å². The number of piperazine rings is 1. The average molecular weight is 360 g/mol. The van der Waals surface area contributed by atoms with Crippen LogP contribution < -0.4 is 15.8 Å². The van der Waals surface area contributed by atoms with Crippen LogP contribution in [0, 0.1) is 6.92 Å². The van der Waals surface area contributed by atoms with E-state index in [1.807, 2.05) is 48.0 Å². The highest BCUT2D eigenvalue weighted by Crippen LogP contribution is 2.26. The predicted octanol–water partition coefficient (Wildman–Crippen LogP) is 2.83. The summed E-state index contributed by atoms with van der Waals surface area (Å²) in [6, 6.07) is 9.97. The van der Waals surface area contributed by atoms with E-state index >= 15 is 0 Å². The van der Waals surface area contributed by atoms with Crippen LogP contribution in [-0.2, 0) is 0 Å². The number of hydrogen-bond donors (Lipinski definition) is 1. The minimum atomic E-state index is -0.319. The van der Waals surface area contributed by atoms with Gasteiger partial charge < -0.3 is 19.0 Å². The highest BCUT2D eigenvalue weighted by Gasteiger charge is 2.14. The number of nitrogens with one attached hydrogen (secondary N) is 1. The molecule has 1 aliphatic rings. The van der Waals surface area contributed by atoms with Crippen LogP contribution in [0.2, 0.25) is 0 Å². The number of anilines is 1. The van der Waals surface area contributed by atoms with Crippen molar-refractivity contribution >= 4 is 22.2 Å². The van der Waals surface area contributed by atoms with Gasteiger partial charge in [-0.15, -0.1) is 0 Å². The Hall–Kier alpha value is -3.12. The molecule has 0 radical (unpaired) electrons. The lowest BCUT2D eigenvalue weighted by atomic mass is 10.1. The van der Waals surface area contributed by atoms with E-state index in [1.165, 1.54) is 0 Å². The van der Waals surface area contributed by atoms with E-state index in [1.54, 1.807) is 6.20 Å². The molecule has 1 aliphatic heterocycles. The van der Waals surface area contributed by atoms with Gasteiger partial charge in [0.1, 0.15) is 5.58 Å². The highest BCUT2D eigenvalue weighted by atomic mass is 16.4. The molecule has 0 atom stereocenters. The van der Waals surface area contributed by atoms with Gasteiger partial charge in [0.15, 0.2) is 0 Å². The van der Waals surface area contributed by atoms with E-state index < -0.39 is 0 Å². The van der Waals surface area contributed by atoms with E-state index in [4.69, 9.17) is 4.42 Å². The summed E-state index contributed by atoms with van der Waals surface area (Å²) in [5.41, 5.74) is 4.68. The van der Waals surface area contributed by atoms with E-state index in [2.05, 4.69) is 21.3 Å². The fraction of sp³-hybridized carbons (Fsp3) is 0.238. The summed E-state index contributed by atoms with van der Waals surface area (Å²) in [6.07, 6.45) is 5.69. The minimum Gasteiger partial charge on any atom is -0.422 e. The average Bonchev–Trinajstić information content (AvgIpc) is 3.10. The Morgan fingerprint density at radius 2 is 1.96 bits per heavy atom. The number of benzene rings is 1. The van der Waals surface area contributed by atoms with Crippen molar-refractivity contribution in [3.05, 3.63) is 65.0 Å². The molecular weight excluding hydrogens is 340 g/mol. The van der Waals surface area contributed by atoms with Gasteiger partial charge in [-0.3, -0.25) is 4.98 Å². The maximum absolute atomic E-state index is 12.6. The molecule has 1 fully saturated rings. The molecule has 136 valence electrons. The second-order valence-electron chi connectivity index (χ2n) is 7.00. The molecule has 1 saturated heterocycles. The first-order valence-corrected chi connectivity index (χ1v) is 9.16. The lowest BCUT2D eigenvalue weighted by molar-refractivity contribution is 0.561. The van der Waals surface area contributed by atoms with Crippen LogP contribution in [0.1, 0.15) is 5.69 Å². The van der Waals surface area contributed by atoms with Gasteiger partial charge in [0.2, 0.25) is 0 Å². The predicted molar refractivity (Wildman–Crippen MR) is 106 cm³/mol. The van der Waals surface area contributed by atoms with E-state index in [0.717, 1.165) is 54.0 Å². The summed E-state index contributed by atoms with van der Waals surface area (Å²) < 4.78 is 7.66. The third-order valence-electron chi connectivity index (χ3n) is 5.12. The molecule has 4 aromatic rings. The molecule has 0 bridgehead atoms. The molecule has 3 aromatic heterocycles. The highest BCUT2D eigenvalue weighted by molar-refractivity contribution is 5.85. The molecule has 5 rings (SSSR count). The monoisotopic (exact) mass is 360 g/mol. The van der Waals surface area contributed by atoms with E-state index in [-0.39, 0.29) is 5.63 Å². The first-order valence-electron chi connectivity index (χ1n) is 9.16. The number of aromatic nitrogens is 2. The van der Waals surface area contributed by atoms with Crippen LogP contribution in [0.25, 0.3) is 27.6 Å². The first kappa shape index (κ1) is 16.1. The number of aryl methyl sites for hydroxylation is 1. The van der Waals surface area contributed by atoms with Crippen LogP contribution >= 0.6 is 0 Å². The maximum atomic E-state index is 12.6. The van der Waals surface area contributed by atoms with Crippen molar-refractivity contribution in [1.82, 2.24) is 14.7 Å². The van der Waals surface area contributed by atoms with E-state index in [0.29, 0.717) is 11.1 Å². The molecule has 0 spiro atoms.